The van der Waals surface area contributed by atoms with Crippen molar-refractivity contribution < 1.29 is 13.6 Å². The van der Waals surface area contributed by atoms with Crippen molar-refractivity contribution in [1.29, 1.82) is 0 Å². The molecule has 1 aliphatic carbocycles. The molecule has 0 radical (unpaired) electrons. The van der Waals surface area contributed by atoms with Crippen LogP contribution in [-0.2, 0) is 20.0 Å². The van der Waals surface area contributed by atoms with E-state index >= 15 is 0 Å². The number of allylic oxidation sites excluding steroid dienone is 1. The molecule has 2 rings (SSSR count). The van der Waals surface area contributed by atoms with E-state index in [-0.39, 0.29) is 0 Å². The van der Waals surface area contributed by atoms with Crippen LogP contribution in [-0.4, -0.2) is 13.2 Å². The van der Waals surface area contributed by atoms with Gasteiger partial charge in [-0.2, -0.15) is 0 Å². The summed E-state index contributed by atoms with van der Waals surface area (Å²) in [4.78, 5) is 0. The predicted molar refractivity (Wildman–Crippen MR) is 73.6 cm³/mol. The smallest absolute Gasteiger partial charge is 0.306 e. The number of hydrogen-bond acceptors (Lipinski definition) is 3. The second kappa shape index (κ2) is 5.83. The molecular weight excluding hydrogens is 247 g/mol. The minimum absolute atomic E-state index is 0.399. The Morgan fingerprint density at radius 3 is 2.44 bits per heavy atom. The molecule has 0 N–H and O–H groups in total. The van der Waals surface area contributed by atoms with Gasteiger partial charge in [-0.3, -0.25) is 4.57 Å². The Morgan fingerprint density at radius 2 is 1.78 bits per heavy atom. The summed E-state index contributed by atoms with van der Waals surface area (Å²) in [5.74, 6) is 0. The zero-order valence-electron chi connectivity index (χ0n) is 10.9. The van der Waals surface area contributed by atoms with Gasteiger partial charge in [0.1, 0.15) is 0 Å². The lowest BCUT2D eigenvalue weighted by molar-refractivity contribution is 0.225. The van der Waals surface area contributed by atoms with Crippen LogP contribution in [0.1, 0.15) is 31.4 Å². The molecule has 98 valence electrons. The van der Waals surface area contributed by atoms with Crippen LogP contribution in [0.2, 0.25) is 0 Å². The zero-order chi connectivity index (χ0) is 13.0. The molecule has 0 saturated heterocycles. The molecule has 18 heavy (non-hydrogen) atoms. The Hall–Kier alpha value is -0.890. The molecule has 0 bridgehead atoms. The van der Waals surface area contributed by atoms with E-state index < -0.39 is 7.60 Å². The number of aryl methyl sites for hydroxylation is 1. The number of fused-ring (bicyclic) bond motifs is 1. The SMILES string of the molecule is CCOP(=O)(OCC)C1=Cc2ccccc2CC1. The van der Waals surface area contributed by atoms with Crippen LogP contribution in [0, 0.1) is 0 Å². The van der Waals surface area contributed by atoms with Gasteiger partial charge in [-0.25, -0.2) is 0 Å². The fourth-order valence-corrected chi connectivity index (χ4v) is 3.94. The summed E-state index contributed by atoms with van der Waals surface area (Å²) >= 11 is 0. The molecule has 1 aliphatic rings. The molecule has 1 aromatic carbocycles. The van der Waals surface area contributed by atoms with Crippen LogP contribution in [0.5, 0.6) is 0 Å². The molecule has 0 aromatic heterocycles. The van der Waals surface area contributed by atoms with E-state index in [4.69, 9.17) is 9.05 Å². The van der Waals surface area contributed by atoms with Gasteiger partial charge in [0, 0.05) is 5.31 Å². The number of hydrogen-bond donors (Lipinski definition) is 0. The minimum atomic E-state index is -3.09. The third-order valence-corrected chi connectivity index (χ3v) is 5.23. The number of rotatable bonds is 5. The van der Waals surface area contributed by atoms with E-state index in [1.807, 2.05) is 38.1 Å². The van der Waals surface area contributed by atoms with Crippen molar-refractivity contribution in [3.8, 4) is 0 Å². The molecule has 1 aromatic rings. The van der Waals surface area contributed by atoms with Gasteiger partial charge in [0.15, 0.2) is 0 Å². The average Bonchev–Trinajstić information content (AvgIpc) is 2.39. The third kappa shape index (κ3) is 2.74. The first-order valence-electron chi connectivity index (χ1n) is 6.37. The fourth-order valence-electron chi connectivity index (χ4n) is 2.18. The molecule has 0 spiro atoms. The monoisotopic (exact) mass is 266 g/mol. The van der Waals surface area contributed by atoms with Crippen molar-refractivity contribution in [2.45, 2.75) is 26.7 Å². The van der Waals surface area contributed by atoms with Gasteiger partial charge in [0.25, 0.3) is 0 Å². The van der Waals surface area contributed by atoms with Crippen molar-refractivity contribution in [2.24, 2.45) is 0 Å². The van der Waals surface area contributed by atoms with Gasteiger partial charge in [0.05, 0.1) is 13.2 Å². The van der Waals surface area contributed by atoms with Crippen LogP contribution in [0.4, 0.5) is 0 Å². The highest BCUT2D eigenvalue weighted by Crippen LogP contribution is 2.59. The summed E-state index contributed by atoms with van der Waals surface area (Å²) in [5, 5.41) is 0.796. The molecule has 0 fully saturated rings. The molecule has 0 saturated carbocycles. The van der Waals surface area contributed by atoms with Crippen LogP contribution in [0.15, 0.2) is 29.6 Å². The lowest BCUT2D eigenvalue weighted by Gasteiger charge is -2.23. The first-order chi connectivity index (χ1) is 8.69. The molecular formula is C14H19O3P. The van der Waals surface area contributed by atoms with E-state index in [2.05, 4.69) is 6.07 Å². The molecule has 0 aliphatic heterocycles. The Bertz CT molecular complexity index is 484. The van der Waals surface area contributed by atoms with Gasteiger partial charge in [-0.05, 0) is 43.9 Å². The summed E-state index contributed by atoms with van der Waals surface area (Å²) in [6.45, 7) is 4.47. The molecule has 0 amide bonds. The highest BCUT2D eigenvalue weighted by atomic mass is 31.2. The lowest BCUT2D eigenvalue weighted by Crippen LogP contribution is -2.04. The van der Waals surface area contributed by atoms with Crippen LogP contribution in [0.3, 0.4) is 0 Å². The highest BCUT2D eigenvalue weighted by molar-refractivity contribution is 7.58. The van der Waals surface area contributed by atoms with Gasteiger partial charge >= 0.3 is 7.60 Å². The zero-order valence-corrected chi connectivity index (χ0v) is 11.8. The maximum Gasteiger partial charge on any atom is 0.357 e. The van der Waals surface area contributed by atoms with Crippen molar-refractivity contribution >= 4 is 13.7 Å². The van der Waals surface area contributed by atoms with E-state index in [0.29, 0.717) is 13.2 Å². The lowest BCUT2D eigenvalue weighted by atomic mass is 9.98. The van der Waals surface area contributed by atoms with Crippen LogP contribution >= 0.6 is 7.60 Å². The Labute approximate surface area is 108 Å². The van der Waals surface area contributed by atoms with Crippen LogP contribution in [0.25, 0.3) is 6.08 Å². The summed E-state index contributed by atoms with van der Waals surface area (Å²) in [6, 6.07) is 8.17. The van der Waals surface area contributed by atoms with E-state index in [9.17, 15) is 4.57 Å². The summed E-state index contributed by atoms with van der Waals surface area (Å²) in [7, 11) is -3.09. The van der Waals surface area contributed by atoms with Gasteiger partial charge < -0.3 is 9.05 Å². The van der Waals surface area contributed by atoms with E-state index in [0.717, 1.165) is 23.7 Å². The van der Waals surface area contributed by atoms with Gasteiger partial charge in [-0.15, -0.1) is 0 Å². The average molecular weight is 266 g/mol. The highest BCUT2D eigenvalue weighted by Gasteiger charge is 2.30. The van der Waals surface area contributed by atoms with Gasteiger partial charge in [0.2, 0.25) is 0 Å². The summed E-state index contributed by atoms with van der Waals surface area (Å²) < 4.78 is 23.4. The van der Waals surface area contributed by atoms with Crippen molar-refractivity contribution in [2.75, 3.05) is 13.2 Å². The standard InChI is InChI=1S/C14H19O3P/c1-3-16-18(15,17-4-2)14-10-9-12-7-5-6-8-13(12)11-14/h5-8,11H,3-4,9-10H2,1-2H3. The number of benzene rings is 1. The van der Waals surface area contributed by atoms with Crippen molar-refractivity contribution in [3.63, 3.8) is 0 Å². The van der Waals surface area contributed by atoms with Crippen molar-refractivity contribution in [3.05, 3.63) is 40.7 Å². The first kappa shape index (κ1) is 13.5. The Morgan fingerprint density at radius 1 is 1.11 bits per heavy atom. The van der Waals surface area contributed by atoms with Crippen LogP contribution < -0.4 is 0 Å². The third-order valence-electron chi connectivity index (χ3n) is 2.98. The molecule has 0 atom stereocenters. The van der Waals surface area contributed by atoms with Crippen molar-refractivity contribution in [1.82, 2.24) is 0 Å². The molecule has 0 heterocycles. The summed E-state index contributed by atoms with van der Waals surface area (Å²) in [6.07, 6.45) is 3.60. The van der Waals surface area contributed by atoms with E-state index in [1.54, 1.807) is 0 Å². The second-order valence-corrected chi connectivity index (χ2v) is 6.25. The Balaban J connectivity index is 2.34. The Kier molecular flexibility index (Phi) is 4.39. The normalized spacial score (nSPS) is 15.1. The van der Waals surface area contributed by atoms with E-state index in [1.165, 1.54) is 5.56 Å². The topological polar surface area (TPSA) is 35.5 Å². The molecule has 3 nitrogen and oxygen atoms in total. The molecule has 4 heteroatoms. The maximum absolute atomic E-state index is 12.7. The summed E-state index contributed by atoms with van der Waals surface area (Å²) in [5.41, 5.74) is 2.42. The second-order valence-electron chi connectivity index (χ2n) is 4.17. The predicted octanol–water partition coefficient (Wildman–Crippen LogP) is 4.24. The van der Waals surface area contributed by atoms with Gasteiger partial charge in [-0.1, -0.05) is 24.3 Å². The first-order valence-corrected chi connectivity index (χ1v) is 7.92. The fraction of sp³-hybridized carbons (Fsp3) is 0.429. The quantitative estimate of drug-likeness (QED) is 0.748. The molecule has 0 unspecified atom stereocenters. The minimum Gasteiger partial charge on any atom is -0.306 e. The maximum atomic E-state index is 12.7. The largest absolute Gasteiger partial charge is 0.357 e.